The molecule has 0 aromatic heterocycles. The minimum atomic E-state index is 0.471. The fourth-order valence-corrected chi connectivity index (χ4v) is 2.74. The van der Waals surface area contributed by atoms with Gasteiger partial charge in [0.25, 0.3) is 0 Å². The molecule has 0 radical (unpaired) electrons. The molecule has 0 nitrogen and oxygen atoms in total. The Morgan fingerprint density at radius 3 is 1.75 bits per heavy atom. The van der Waals surface area contributed by atoms with E-state index in [4.69, 9.17) is 0 Å². The van der Waals surface area contributed by atoms with Gasteiger partial charge in [0, 0.05) is 11.8 Å². The van der Waals surface area contributed by atoms with Crippen molar-refractivity contribution in [1.29, 1.82) is 0 Å². The minimum Gasteiger partial charge on any atom is -0.0738 e. The van der Waals surface area contributed by atoms with Crippen LogP contribution in [0.2, 0.25) is 0 Å². The Labute approximate surface area is 123 Å². The van der Waals surface area contributed by atoms with Crippen LogP contribution in [0.3, 0.4) is 0 Å². The van der Waals surface area contributed by atoms with E-state index in [0.29, 0.717) is 11.8 Å². The van der Waals surface area contributed by atoms with Gasteiger partial charge in [0.1, 0.15) is 0 Å². The van der Waals surface area contributed by atoms with Gasteiger partial charge in [-0.15, -0.1) is 0 Å². The van der Waals surface area contributed by atoms with Crippen molar-refractivity contribution in [2.24, 2.45) is 11.8 Å². The Kier molecular flexibility index (Phi) is 4.79. The average Bonchev–Trinajstić information content (AvgIpc) is 3.01. The lowest BCUT2D eigenvalue weighted by Gasteiger charge is -2.08. The first-order chi connectivity index (χ1) is 9.61. The number of rotatable bonds is 4. The molecule has 0 aliphatic heterocycles. The van der Waals surface area contributed by atoms with Crippen LogP contribution in [0.15, 0.2) is 83.1 Å². The highest BCUT2D eigenvalue weighted by Gasteiger charge is 2.21. The van der Waals surface area contributed by atoms with Gasteiger partial charge in [0.05, 0.1) is 0 Å². The molecule has 0 aromatic rings. The molecule has 104 valence electrons. The SMILES string of the molecule is CC1=C(C)C(/C=C/C=C/C=C/C2C=CC=C2)C(C)=C1C. The van der Waals surface area contributed by atoms with Crippen LogP contribution in [0.25, 0.3) is 0 Å². The highest BCUT2D eigenvalue weighted by Crippen LogP contribution is 2.37. The molecule has 2 aliphatic rings. The van der Waals surface area contributed by atoms with E-state index < -0.39 is 0 Å². The van der Waals surface area contributed by atoms with E-state index in [1.807, 2.05) is 0 Å². The minimum absolute atomic E-state index is 0.471. The smallest absolute Gasteiger partial charge is 0.0196 e. The topological polar surface area (TPSA) is 0 Å². The molecule has 0 heterocycles. The van der Waals surface area contributed by atoms with Gasteiger partial charge in [-0.25, -0.2) is 0 Å². The lowest BCUT2D eigenvalue weighted by molar-refractivity contribution is 0.909. The van der Waals surface area contributed by atoms with Crippen molar-refractivity contribution in [3.05, 3.63) is 83.1 Å². The van der Waals surface area contributed by atoms with Crippen molar-refractivity contribution < 1.29 is 0 Å². The van der Waals surface area contributed by atoms with E-state index in [9.17, 15) is 0 Å². The Bertz CT molecular complexity index is 535. The highest BCUT2D eigenvalue weighted by atomic mass is 14.3. The fourth-order valence-electron chi connectivity index (χ4n) is 2.74. The zero-order valence-electron chi connectivity index (χ0n) is 12.9. The van der Waals surface area contributed by atoms with Crippen LogP contribution in [0.5, 0.6) is 0 Å². The summed E-state index contributed by atoms with van der Waals surface area (Å²) in [6.45, 7) is 8.94. The molecule has 20 heavy (non-hydrogen) atoms. The summed E-state index contributed by atoms with van der Waals surface area (Å²) < 4.78 is 0. The van der Waals surface area contributed by atoms with Crippen molar-refractivity contribution in [2.75, 3.05) is 0 Å². The Morgan fingerprint density at radius 1 is 0.700 bits per heavy atom. The normalized spacial score (nSPS) is 21.2. The van der Waals surface area contributed by atoms with E-state index in [1.54, 1.807) is 0 Å². The molecule has 0 saturated heterocycles. The quantitative estimate of drug-likeness (QED) is 0.571. The van der Waals surface area contributed by atoms with Crippen molar-refractivity contribution in [1.82, 2.24) is 0 Å². The summed E-state index contributed by atoms with van der Waals surface area (Å²) in [7, 11) is 0. The molecular formula is C20H24. The van der Waals surface area contributed by atoms with Gasteiger partial charge in [-0.2, -0.15) is 0 Å². The number of hydrogen-bond acceptors (Lipinski definition) is 0. The summed E-state index contributed by atoms with van der Waals surface area (Å²) >= 11 is 0. The molecule has 0 amide bonds. The summed E-state index contributed by atoms with van der Waals surface area (Å²) in [5.41, 5.74) is 5.89. The monoisotopic (exact) mass is 264 g/mol. The average molecular weight is 264 g/mol. The molecular weight excluding hydrogens is 240 g/mol. The number of allylic oxidation sites excluding steroid dienone is 14. The van der Waals surface area contributed by atoms with Gasteiger partial charge in [0.15, 0.2) is 0 Å². The third-order valence-corrected chi connectivity index (χ3v) is 4.43. The van der Waals surface area contributed by atoms with E-state index in [0.717, 1.165) is 0 Å². The van der Waals surface area contributed by atoms with Crippen LogP contribution in [0, 0.1) is 11.8 Å². The predicted octanol–water partition coefficient (Wildman–Crippen LogP) is 5.70. The molecule has 0 fully saturated rings. The first kappa shape index (κ1) is 14.6. The fraction of sp³-hybridized carbons (Fsp3) is 0.300. The maximum absolute atomic E-state index is 2.30. The maximum Gasteiger partial charge on any atom is 0.0196 e. The molecule has 0 bridgehead atoms. The third-order valence-electron chi connectivity index (χ3n) is 4.43. The maximum atomic E-state index is 2.30. The van der Waals surface area contributed by atoms with Crippen LogP contribution < -0.4 is 0 Å². The van der Waals surface area contributed by atoms with Crippen molar-refractivity contribution in [2.45, 2.75) is 27.7 Å². The second-order valence-corrected chi connectivity index (χ2v) is 5.60. The van der Waals surface area contributed by atoms with Gasteiger partial charge in [0.2, 0.25) is 0 Å². The molecule has 0 N–H and O–H groups in total. The molecule has 0 unspecified atom stereocenters. The summed E-state index contributed by atoms with van der Waals surface area (Å²) in [6.07, 6.45) is 21.5. The zero-order valence-corrected chi connectivity index (χ0v) is 12.9. The lowest BCUT2D eigenvalue weighted by atomic mass is 9.96. The molecule has 0 saturated carbocycles. The van der Waals surface area contributed by atoms with Gasteiger partial charge in [-0.1, -0.05) is 71.9 Å². The predicted molar refractivity (Wildman–Crippen MR) is 89.4 cm³/mol. The molecule has 0 spiro atoms. The van der Waals surface area contributed by atoms with E-state index in [2.05, 4.69) is 88.5 Å². The van der Waals surface area contributed by atoms with Crippen molar-refractivity contribution in [3.63, 3.8) is 0 Å². The standard InChI is InChI=1S/C20H24/c1-15-16(2)18(4)20(17(15)3)14-8-6-5-7-11-19-12-9-10-13-19/h5-14,19-20H,1-4H3/b6-5+,11-7+,14-8+. The molecule has 0 atom stereocenters. The Morgan fingerprint density at radius 2 is 1.20 bits per heavy atom. The van der Waals surface area contributed by atoms with Gasteiger partial charge < -0.3 is 0 Å². The Hall–Kier alpha value is -1.82. The first-order valence-corrected chi connectivity index (χ1v) is 7.33. The second kappa shape index (κ2) is 6.56. The molecule has 2 aliphatic carbocycles. The van der Waals surface area contributed by atoms with Gasteiger partial charge in [-0.05, 0) is 38.8 Å². The summed E-state index contributed by atoms with van der Waals surface area (Å²) in [6, 6.07) is 0. The van der Waals surface area contributed by atoms with Crippen LogP contribution in [0.1, 0.15) is 27.7 Å². The van der Waals surface area contributed by atoms with Crippen LogP contribution in [0.4, 0.5) is 0 Å². The largest absolute Gasteiger partial charge is 0.0738 e. The summed E-state index contributed by atoms with van der Waals surface area (Å²) in [5, 5.41) is 0. The van der Waals surface area contributed by atoms with E-state index in [1.165, 1.54) is 22.3 Å². The molecule has 2 rings (SSSR count). The lowest BCUT2D eigenvalue weighted by Crippen LogP contribution is -1.95. The van der Waals surface area contributed by atoms with Gasteiger partial charge in [-0.3, -0.25) is 0 Å². The van der Waals surface area contributed by atoms with E-state index in [-0.39, 0.29) is 0 Å². The summed E-state index contributed by atoms with van der Waals surface area (Å²) in [5.74, 6) is 0.962. The third kappa shape index (κ3) is 3.19. The molecule has 0 heteroatoms. The highest BCUT2D eigenvalue weighted by molar-refractivity contribution is 5.48. The van der Waals surface area contributed by atoms with E-state index >= 15 is 0 Å². The zero-order chi connectivity index (χ0) is 14.5. The number of hydrogen-bond donors (Lipinski definition) is 0. The van der Waals surface area contributed by atoms with Crippen molar-refractivity contribution >= 4 is 0 Å². The van der Waals surface area contributed by atoms with Gasteiger partial charge >= 0.3 is 0 Å². The first-order valence-electron chi connectivity index (χ1n) is 7.33. The van der Waals surface area contributed by atoms with Crippen LogP contribution >= 0.6 is 0 Å². The van der Waals surface area contributed by atoms with Crippen molar-refractivity contribution in [3.8, 4) is 0 Å². The Balaban J connectivity index is 1.91. The van der Waals surface area contributed by atoms with Crippen LogP contribution in [-0.4, -0.2) is 0 Å². The van der Waals surface area contributed by atoms with Crippen LogP contribution in [-0.2, 0) is 0 Å². The molecule has 0 aromatic carbocycles. The second-order valence-electron chi connectivity index (χ2n) is 5.60. The summed E-state index contributed by atoms with van der Waals surface area (Å²) in [4.78, 5) is 0.